The molecule has 3 atom stereocenters. The average molecular weight is 204 g/mol. The summed E-state index contributed by atoms with van der Waals surface area (Å²) in [6, 6.07) is 0. The molecule has 15 heavy (non-hydrogen) atoms. The number of fused-ring (bicyclic) bond motifs is 2. The minimum atomic E-state index is 0.650. The van der Waals surface area contributed by atoms with Crippen molar-refractivity contribution in [1.29, 1.82) is 0 Å². The van der Waals surface area contributed by atoms with Gasteiger partial charge in [-0.15, -0.1) is 0 Å². The number of hydrogen-bond acceptors (Lipinski definition) is 1. The molecular weight excluding hydrogens is 184 g/mol. The molecule has 0 radical (unpaired) electrons. The second-order valence-corrected chi connectivity index (χ2v) is 4.91. The van der Waals surface area contributed by atoms with E-state index in [4.69, 9.17) is 0 Å². The Kier molecular flexibility index (Phi) is 3.40. The summed E-state index contributed by atoms with van der Waals surface area (Å²) in [7, 11) is 0. The van der Waals surface area contributed by atoms with E-state index in [1.165, 1.54) is 19.3 Å². The summed E-state index contributed by atoms with van der Waals surface area (Å²) in [4.78, 5) is 10.9. The van der Waals surface area contributed by atoms with Crippen molar-refractivity contribution in [3.8, 4) is 0 Å². The average Bonchev–Trinajstić information content (AvgIpc) is 2.85. The van der Waals surface area contributed by atoms with Gasteiger partial charge in [-0.25, -0.2) is 0 Å². The van der Waals surface area contributed by atoms with Gasteiger partial charge in [-0.3, -0.25) is 4.79 Å². The molecule has 0 heterocycles. The first-order chi connectivity index (χ1) is 7.33. The molecule has 1 nitrogen and oxygen atoms in total. The predicted octanol–water partition coefficient (Wildman–Crippen LogP) is 3.51. The van der Waals surface area contributed by atoms with E-state index in [0.717, 1.165) is 36.5 Å². The highest BCUT2D eigenvalue weighted by Gasteiger charge is 2.34. The first-order valence-corrected chi connectivity index (χ1v) is 6.17. The van der Waals surface area contributed by atoms with Crippen LogP contribution < -0.4 is 0 Å². The van der Waals surface area contributed by atoms with Gasteiger partial charge >= 0.3 is 0 Å². The van der Waals surface area contributed by atoms with E-state index in [9.17, 15) is 4.79 Å². The van der Waals surface area contributed by atoms with Crippen LogP contribution in [0.5, 0.6) is 0 Å². The molecule has 0 amide bonds. The summed E-state index contributed by atoms with van der Waals surface area (Å²) in [5, 5.41) is 0. The molecule has 0 aliphatic heterocycles. The van der Waals surface area contributed by atoms with Gasteiger partial charge in [-0.1, -0.05) is 31.6 Å². The lowest BCUT2D eigenvalue weighted by Crippen LogP contribution is -2.05. The lowest BCUT2D eigenvalue weighted by Gasteiger charge is -2.14. The maximum absolute atomic E-state index is 10.9. The number of aldehydes is 1. The molecular formula is C14H20O. The van der Waals surface area contributed by atoms with Crippen molar-refractivity contribution in [2.75, 3.05) is 0 Å². The van der Waals surface area contributed by atoms with E-state index >= 15 is 0 Å². The lowest BCUT2D eigenvalue weighted by molar-refractivity contribution is -0.105. The molecule has 1 saturated carbocycles. The molecule has 0 aromatic rings. The zero-order chi connectivity index (χ0) is 10.7. The second-order valence-electron chi connectivity index (χ2n) is 4.91. The molecule has 0 saturated heterocycles. The Morgan fingerprint density at radius 2 is 2.27 bits per heavy atom. The summed E-state index contributed by atoms with van der Waals surface area (Å²) in [6.45, 7) is 2.17. The van der Waals surface area contributed by atoms with E-state index in [2.05, 4.69) is 25.2 Å². The van der Waals surface area contributed by atoms with Crippen LogP contribution in [-0.2, 0) is 4.79 Å². The van der Waals surface area contributed by atoms with Crippen LogP contribution in [0.25, 0.3) is 0 Å². The topological polar surface area (TPSA) is 17.1 Å². The van der Waals surface area contributed by atoms with Crippen molar-refractivity contribution in [2.24, 2.45) is 17.8 Å². The van der Waals surface area contributed by atoms with E-state index in [0.29, 0.717) is 5.92 Å². The summed E-state index contributed by atoms with van der Waals surface area (Å²) in [6.07, 6.45) is 13.9. The predicted molar refractivity (Wildman–Crippen MR) is 62.5 cm³/mol. The minimum absolute atomic E-state index is 0.650. The molecule has 0 aromatic carbocycles. The molecule has 0 aromatic heterocycles. The third-order valence-electron chi connectivity index (χ3n) is 3.73. The van der Waals surface area contributed by atoms with Gasteiger partial charge in [-0.2, -0.15) is 0 Å². The standard InChI is InChI=1S/C14H20O/c1-2-3-4-12(10-15)9-14-8-11-5-6-13(14)7-11/h5-6,9-11,13-14H,2-4,7-8H2,1H3. The first-order valence-electron chi connectivity index (χ1n) is 6.17. The van der Waals surface area contributed by atoms with Gasteiger partial charge in [0.1, 0.15) is 6.29 Å². The Labute approximate surface area is 92.3 Å². The van der Waals surface area contributed by atoms with Crippen LogP contribution in [0.2, 0.25) is 0 Å². The van der Waals surface area contributed by atoms with Crippen molar-refractivity contribution >= 4 is 6.29 Å². The van der Waals surface area contributed by atoms with Gasteiger partial charge in [0.05, 0.1) is 0 Å². The van der Waals surface area contributed by atoms with Crippen LogP contribution in [0.4, 0.5) is 0 Å². The van der Waals surface area contributed by atoms with Crippen LogP contribution in [0.15, 0.2) is 23.8 Å². The number of allylic oxidation sites excluding steroid dienone is 4. The fourth-order valence-electron chi connectivity index (χ4n) is 2.85. The van der Waals surface area contributed by atoms with Gasteiger partial charge < -0.3 is 0 Å². The quantitative estimate of drug-likeness (QED) is 0.380. The summed E-state index contributed by atoms with van der Waals surface area (Å²) >= 11 is 0. The van der Waals surface area contributed by atoms with E-state index in [1.54, 1.807) is 0 Å². The number of rotatable bonds is 5. The fourth-order valence-corrected chi connectivity index (χ4v) is 2.85. The van der Waals surface area contributed by atoms with Gasteiger partial charge in [-0.05, 0) is 49.0 Å². The Morgan fingerprint density at radius 3 is 2.80 bits per heavy atom. The Balaban J connectivity index is 1.95. The maximum Gasteiger partial charge on any atom is 0.145 e. The van der Waals surface area contributed by atoms with Crippen molar-refractivity contribution in [2.45, 2.75) is 39.0 Å². The van der Waals surface area contributed by atoms with Crippen molar-refractivity contribution in [3.05, 3.63) is 23.8 Å². The zero-order valence-corrected chi connectivity index (χ0v) is 9.49. The SMILES string of the molecule is CCCCC(C=O)=CC1CC2C=CC1C2. The summed E-state index contributed by atoms with van der Waals surface area (Å²) < 4.78 is 0. The molecule has 0 spiro atoms. The van der Waals surface area contributed by atoms with Crippen molar-refractivity contribution in [3.63, 3.8) is 0 Å². The van der Waals surface area contributed by atoms with Crippen LogP contribution >= 0.6 is 0 Å². The Hall–Kier alpha value is -0.850. The molecule has 0 N–H and O–H groups in total. The highest BCUT2D eigenvalue weighted by molar-refractivity contribution is 5.73. The van der Waals surface area contributed by atoms with Gasteiger partial charge in [0.2, 0.25) is 0 Å². The molecule has 2 aliphatic rings. The van der Waals surface area contributed by atoms with Crippen LogP contribution in [0.3, 0.4) is 0 Å². The molecule has 2 rings (SSSR count). The van der Waals surface area contributed by atoms with E-state index in [1.807, 2.05) is 0 Å². The van der Waals surface area contributed by atoms with Crippen molar-refractivity contribution < 1.29 is 4.79 Å². The summed E-state index contributed by atoms with van der Waals surface area (Å²) in [5.41, 5.74) is 1.03. The smallest absolute Gasteiger partial charge is 0.145 e. The number of hydrogen-bond donors (Lipinski definition) is 0. The molecule has 3 unspecified atom stereocenters. The zero-order valence-electron chi connectivity index (χ0n) is 9.49. The van der Waals surface area contributed by atoms with Crippen molar-refractivity contribution in [1.82, 2.24) is 0 Å². The van der Waals surface area contributed by atoms with Gasteiger partial charge in [0, 0.05) is 0 Å². The van der Waals surface area contributed by atoms with E-state index < -0.39 is 0 Å². The third-order valence-corrected chi connectivity index (χ3v) is 3.73. The molecule has 82 valence electrons. The van der Waals surface area contributed by atoms with Crippen LogP contribution in [0.1, 0.15) is 39.0 Å². The monoisotopic (exact) mass is 204 g/mol. The number of carbonyl (C=O) groups is 1. The molecule has 1 heteroatoms. The normalized spacial score (nSPS) is 33.7. The highest BCUT2D eigenvalue weighted by Crippen LogP contribution is 2.44. The van der Waals surface area contributed by atoms with Gasteiger partial charge in [0.25, 0.3) is 0 Å². The van der Waals surface area contributed by atoms with Crippen LogP contribution in [-0.4, -0.2) is 6.29 Å². The lowest BCUT2D eigenvalue weighted by atomic mass is 9.91. The number of carbonyl (C=O) groups excluding carboxylic acids is 1. The molecule has 2 bridgehead atoms. The molecule has 2 aliphatic carbocycles. The maximum atomic E-state index is 10.9. The Morgan fingerprint density at radius 1 is 1.40 bits per heavy atom. The van der Waals surface area contributed by atoms with Gasteiger partial charge in [0.15, 0.2) is 0 Å². The Bertz CT molecular complexity index is 288. The minimum Gasteiger partial charge on any atom is -0.298 e. The summed E-state index contributed by atoms with van der Waals surface area (Å²) in [5.74, 6) is 2.18. The third kappa shape index (κ3) is 2.39. The number of unbranched alkanes of at least 4 members (excludes halogenated alkanes) is 1. The fraction of sp³-hybridized carbons (Fsp3) is 0.643. The largest absolute Gasteiger partial charge is 0.298 e. The molecule has 1 fully saturated rings. The highest BCUT2D eigenvalue weighted by atomic mass is 16.1. The van der Waals surface area contributed by atoms with Crippen LogP contribution in [0, 0.1) is 17.8 Å². The second kappa shape index (κ2) is 4.78. The van der Waals surface area contributed by atoms with E-state index in [-0.39, 0.29) is 0 Å². The first kappa shape index (κ1) is 10.7.